The van der Waals surface area contributed by atoms with E-state index in [2.05, 4.69) is 5.32 Å². The Morgan fingerprint density at radius 1 is 1.25 bits per heavy atom. The minimum absolute atomic E-state index is 0.0878. The number of hydrogen-bond acceptors (Lipinski definition) is 3. The molecule has 20 heavy (non-hydrogen) atoms. The summed E-state index contributed by atoms with van der Waals surface area (Å²) < 4.78 is 27.1. The van der Waals surface area contributed by atoms with Crippen LogP contribution in [0.2, 0.25) is 0 Å². The number of sulfonamides is 1. The molecule has 4 nitrogen and oxygen atoms in total. The minimum atomic E-state index is -3.48. The average molecular weight is 298 g/mol. The Hall–Kier alpha value is -0.910. The maximum Gasteiger partial charge on any atom is 0.243 e. The van der Waals surface area contributed by atoms with Crippen molar-refractivity contribution in [1.82, 2.24) is 9.62 Å². The van der Waals surface area contributed by atoms with Gasteiger partial charge < -0.3 is 5.32 Å². The predicted octanol–water partition coefficient (Wildman–Crippen LogP) is 2.46. The van der Waals surface area contributed by atoms with Gasteiger partial charge in [0, 0.05) is 19.6 Å². The van der Waals surface area contributed by atoms with Crippen LogP contribution in [0.15, 0.2) is 29.2 Å². The van der Waals surface area contributed by atoms with Crippen LogP contribution in [-0.2, 0) is 16.6 Å². The van der Waals surface area contributed by atoms with Crippen LogP contribution < -0.4 is 5.32 Å². The zero-order chi connectivity index (χ0) is 15.6. The first kappa shape index (κ1) is 17.1. The van der Waals surface area contributed by atoms with Gasteiger partial charge in [-0.05, 0) is 31.0 Å². The zero-order valence-corrected chi connectivity index (χ0v) is 14.1. The van der Waals surface area contributed by atoms with Crippen LogP contribution in [0.1, 0.15) is 33.3 Å². The van der Waals surface area contributed by atoms with Gasteiger partial charge in [-0.1, -0.05) is 39.0 Å². The second kappa shape index (κ2) is 6.24. The van der Waals surface area contributed by atoms with Gasteiger partial charge in [0.05, 0.1) is 4.90 Å². The van der Waals surface area contributed by atoms with Gasteiger partial charge in [0.1, 0.15) is 0 Å². The summed E-state index contributed by atoms with van der Waals surface area (Å²) in [6.07, 6.45) is 0. The highest BCUT2D eigenvalue weighted by atomic mass is 32.2. The van der Waals surface area contributed by atoms with E-state index >= 15 is 0 Å². The molecule has 0 aromatic heterocycles. The van der Waals surface area contributed by atoms with Crippen LogP contribution in [0.25, 0.3) is 0 Å². The Labute approximate surface area is 123 Å². The minimum Gasteiger partial charge on any atom is -0.316 e. The molecular weight excluding hydrogens is 272 g/mol. The van der Waals surface area contributed by atoms with Gasteiger partial charge in [0.25, 0.3) is 0 Å². The van der Waals surface area contributed by atoms with E-state index in [0.29, 0.717) is 11.4 Å². The van der Waals surface area contributed by atoms with E-state index in [9.17, 15) is 8.42 Å². The first-order valence-corrected chi connectivity index (χ1v) is 8.27. The largest absolute Gasteiger partial charge is 0.316 e. The van der Waals surface area contributed by atoms with Crippen molar-refractivity contribution in [2.24, 2.45) is 5.41 Å². The predicted molar refractivity (Wildman–Crippen MR) is 83.1 cm³/mol. The first-order chi connectivity index (χ1) is 9.12. The summed E-state index contributed by atoms with van der Waals surface area (Å²) in [5.41, 5.74) is 0.683. The van der Waals surface area contributed by atoms with E-state index in [1.807, 2.05) is 46.9 Å². The van der Waals surface area contributed by atoms with Gasteiger partial charge >= 0.3 is 0 Å². The molecule has 114 valence electrons. The zero-order valence-electron chi connectivity index (χ0n) is 13.3. The number of nitrogens with zero attached hydrogens (tertiary/aromatic N) is 1. The van der Waals surface area contributed by atoms with Crippen molar-refractivity contribution in [3.05, 3.63) is 29.8 Å². The number of rotatable bonds is 5. The van der Waals surface area contributed by atoms with E-state index < -0.39 is 10.0 Å². The Balaban J connectivity index is 3.24. The Bertz CT molecular complexity index is 547. The number of benzene rings is 1. The van der Waals surface area contributed by atoms with E-state index in [-0.39, 0.29) is 11.5 Å². The van der Waals surface area contributed by atoms with Crippen LogP contribution in [0.3, 0.4) is 0 Å². The Morgan fingerprint density at radius 3 is 2.30 bits per heavy atom. The lowest BCUT2D eigenvalue weighted by Gasteiger charge is -2.34. The van der Waals surface area contributed by atoms with E-state index in [1.54, 1.807) is 19.2 Å². The second-order valence-corrected chi connectivity index (χ2v) is 8.17. The fourth-order valence-electron chi connectivity index (χ4n) is 2.00. The molecular formula is C15H26N2O2S. The van der Waals surface area contributed by atoms with Crippen LogP contribution in [-0.4, -0.2) is 32.9 Å². The van der Waals surface area contributed by atoms with Gasteiger partial charge in [-0.3, -0.25) is 0 Å². The molecule has 0 aliphatic carbocycles. The van der Waals surface area contributed by atoms with Crippen molar-refractivity contribution in [3.63, 3.8) is 0 Å². The highest BCUT2D eigenvalue weighted by Gasteiger charge is 2.33. The van der Waals surface area contributed by atoms with Gasteiger partial charge in [-0.2, -0.15) is 4.31 Å². The molecule has 0 fully saturated rings. The maximum atomic E-state index is 12.8. The molecule has 1 aromatic carbocycles. The molecule has 0 amide bonds. The molecule has 0 aliphatic rings. The lowest BCUT2D eigenvalue weighted by molar-refractivity contribution is 0.216. The summed E-state index contributed by atoms with van der Waals surface area (Å²) in [5, 5.41) is 3.01. The van der Waals surface area contributed by atoms with E-state index in [1.165, 1.54) is 4.31 Å². The molecule has 0 radical (unpaired) electrons. The average Bonchev–Trinajstić information content (AvgIpc) is 2.36. The number of hydrogen-bond donors (Lipinski definition) is 1. The third-order valence-corrected chi connectivity index (χ3v) is 5.82. The fourth-order valence-corrected chi connectivity index (χ4v) is 3.77. The quantitative estimate of drug-likeness (QED) is 0.908. The Morgan fingerprint density at radius 2 is 1.80 bits per heavy atom. The van der Waals surface area contributed by atoms with Gasteiger partial charge in [-0.15, -0.1) is 0 Å². The van der Waals surface area contributed by atoms with Crippen LogP contribution in [0.5, 0.6) is 0 Å². The monoisotopic (exact) mass is 298 g/mol. The van der Waals surface area contributed by atoms with Crippen molar-refractivity contribution in [2.75, 3.05) is 14.1 Å². The van der Waals surface area contributed by atoms with E-state index in [4.69, 9.17) is 0 Å². The van der Waals surface area contributed by atoms with Crippen LogP contribution >= 0.6 is 0 Å². The molecule has 5 heteroatoms. The van der Waals surface area contributed by atoms with Gasteiger partial charge in [-0.25, -0.2) is 8.42 Å². The van der Waals surface area contributed by atoms with Crippen molar-refractivity contribution in [2.45, 2.75) is 45.2 Å². The molecule has 0 aliphatic heterocycles. The van der Waals surface area contributed by atoms with Gasteiger partial charge in [0.2, 0.25) is 10.0 Å². The topological polar surface area (TPSA) is 49.4 Å². The standard InChI is InChI=1S/C15H26N2O2S/c1-12(15(2,3)4)17(6)20(18,19)14-10-8-7-9-13(14)11-16-5/h7-10,12,16H,11H2,1-6H3. The summed E-state index contributed by atoms with van der Waals surface area (Å²) in [6, 6.07) is 7.06. The van der Waals surface area contributed by atoms with Gasteiger partial charge in [0.15, 0.2) is 0 Å². The van der Waals surface area contributed by atoms with E-state index in [0.717, 1.165) is 5.56 Å². The summed E-state index contributed by atoms with van der Waals surface area (Å²) >= 11 is 0. The normalized spacial score (nSPS) is 14.6. The smallest absolute Gasteiger partial charge is 0.243 e. The highest BCUT2D eigenvalue weighted by Crippen LogP contribution is 2.28. The maximum absolute atomic E-state index is 12.8. The van der Waals surface area contributed by atoms with Crippen molar-refractivity contribution in [3.8, 4) is 0 Å². The number of nitrogens with one attached hydrogen (secondary N) is 1. The first-order valence-electron chi connectivity index (χ1n) is 6.83. The summed E-state index contributed by atoms with van der Waals surface area (Å²) in [5.74, 6) is 0. The summed E-state index contributed by atoms with van der Waals surface area (Å²) in [6.45, 7) is 8.61. The second-order valence-electron chi connectivity index (χ2n) is 6.20. The summed E-state index contributed by atoms with van der Waals surface area (Å²) in [4.78, 5) is 0.382. The molecule has 0 saturated carbocycles. The van der Waals surface area contributed by atoms with Crippen LogP contribution in [0, 0.1) is 5.41 Å². The molecule has 0 bridgehead atoms. The third kappa shape index (κ3) is 3.59. The molecule has 1 rings (SSSR count). The fraction of sp³-hybridized carbons (Fsp3) is 0.600. The molecule has 0 saturated heterocycles. The molecule has 0 spiro atoms. The lowest BCUT2D eigenvalue weighted by Crippen LogP contribution is -2.43. The highest BCUT2D eigenvalue weighted by molar-refractivity contribution is 7.89. The molecule has 1 N–H and O–H groups in total. The van der Waals surface area contributed by atoms with Crippen molar-refractivity contribution in [1.29, 1.82) is 0 Å². The van der Waals surface area contributed by atoms with Crippen molar-refractivity contribution >= 4 is 10.0 Å². The van der Waals surface area contributed by atoms with Crippen molar-refractivity contribution < 1.29 is 8.42 Å². The SMILES string of the molecule is CNCc1ccccc1S(=O)(=O)N(C)C(C)C(C)(C)C. The molecule has 1 unspecified atom stereocenters. The summed E-state index contributed by atoms with van der Waals surface area (Å²) in [7, 11) is -0.0163. The molecule has 1 atom stereocenters. The third-order valence-electron chi connectivity index (χ3n) is 3.80. The lowest BCUT2D eigenvalue weighted by atomic mass is 9.88. The Kier molecular flexibility index (Phi) is 5.35. The molecule has 1 aromatic rings. The molecule has 0 heterocycles. The van der Waals surface area contributed by atoms with Crippen LogP contribution in [0.4, 0.5) is 0 Å².